The molecule has 11 nitrogen and oxygen atoms in total. The quantitative estimate of drug-likeness (QED) is 0.463. The lowest BCUT2D eigenvalue weighted by atomic mass is 9.80. The third kappa shape index (κ3) is 7.03. The number of benzene rings is 1. The SMILES string of the molecule is CC(C)(C)OC(=O)N[C@H](C(=O)N1C[C@H](Oc2nccc3ccccc23)C[C@H]1C(=O)N[C@H]1CCOB1O)C(C)(C)C. The summed E-state index contributed by atoms with van der Waals surface area (Å²) in [6, 6.07) is 7.68. The normalized spacial score (nSPS) is 22.2. The van der Waals surface area contributed by atoms with Crippen LogP contribution in [-0.2, 0) is 19.0 Å². The molecule has 2 aromatic rings. The van der Waals surface area contributed by atoms with Gasteiger partial charge in [-0.2, -0.15) is 0 Å². The molecule has 0 radical (unpaired) electrons. The van der Waals surface area contributed by atoms with Crippen molar-refractivity contribution in [3.63, 3.8) is 0 Å². The second kappa shape index (κ2) is 11.6. The molecule has 4 rings (SSSR count). The van der Waals surface area contributed by atoms with Crippen molar-refractivity contribution >= 4 is 35.8 Å². The Labute approximate surface area is 235 Å². The maximum atomic E-state index is 14.1. The van der Waals surface area contributed by atoms with Crippen molar-refractivity contribution in [2.45, 2.75) is 84.1 Å². The molecule has 3 N–H and O–H groups in total. The summed E-state index contributed by atoms with van der Waals surface area (Å²) in [4.78, 5) is 46.1. The van der Waals surface area contributed by atoms with Gasteiger partial charge in [0.05, 0.1) is 12.5 Å². The van der Waals surface area contributed by atoms with E-state index in [0.717, 1.165) is 10.8 Å². The molecular weight excluding hydrogens is 515 g/mol. The highest BCUT2D eigenvalue weighted by atomic mass is 16.6. The Morgan fingerprint density at radius 2 is 1.88 bits per heavy atom. The Morgan fingerprint density at radius 1 is 1.15 bits per heavy atom. The van der Waals surface area contributed by atoms with Crippen LogP contribution in [0.1, 0.15) is 54.4 Å². The fourth-order valence-electron chi connectivity index (χ4n) is 4.96. The molecule has 2 saturated heterocycles. The molecule has 12 heteroatoms. The van der Waals surface area contributed by atoms with E-state index in [9.17, 15) is 19.4 Å². The lowest BCUT2D eigenvalue weighted by molar-refractivity contribution is -0.142. The standard InChI is InChI=1S/C28H39BN4O7/c1-27(2,3)22(32-26(36)40-28(4,5)6)25(35)33-16-18(15-20(33)23(34)31-21-12-14-38-29(21)37)39-24-19-10-8-7-9-17(19)11-13-30-24/h7-11,13,18,20-22,37H,12,14-16H2,1-6H3,(H,31,34)(H,32,36)/t18-,20+,21+,22-/m1/s1. The lowest BCUT2D eigenvalue weighted by Crippen LogP contribution is -2.59. The van der Waals surface area contributed by atoms with Gasteiger partial charge in [0.1, 0.15) is 23.8 Å². The molecule has 2 aliphatic heterocycles. The van der Waals surface area contributed by atoms with Gasteiger partial charge in [-0.15, -0.1) is 0 Å². The van der Waals surface area contributed by atoms with Crippen LogP contribution < -0.4 is 15.4 Å². The molecule has 1 aromatic heterocycles. The molecule has 3 amide bonds. The number of pyridine rings is 1. The maximum Gasteiger partial charge on any atom is 0.478 e. The maximum absolute atomic E-state index is 14.1. The Morgan fingerprint density at radius 3 is 2.52 bits per heavy atom. The minimum atomic E-state index is -1.11. The van der Waals surface area contributed by atoms with E-state index in [1.165, 1.54) is 4.90 Å². The molecule has 1 aromatic carbocycles. The summed E-state index contributed by atoms with van der Waals surface area (Å²) in [5.74, 6) is -1.03. The summed E-state index contributed by atoms with van der Waals surface area (Å²) in [6.45, 7) is 11.1. The number of carbonyl (C=O) groups excluding carboxylic acids is 3. The first-order valence-electron chi connectivity index (χ1n) is 13.6. The zero-order chi connectivity index (χ0) is 29.2. The van der Waals surface area contributed by atoms with E-state index in [1.54, 1.807) is 27.0 Å². The summed E-state index contributed by atoms with van der Waals surface area (Å²) < 4.78 is 16.9. The van der Waals surface area contributed by atoms with Crippen molar-refractivity contribution in [2.75, 3.05) is 13.2 Å². The summed E-state index contributed by atoms with van der Waals surface area (Å²) >= 11 is 0. The highest BCUT2D eigenvalue weighted by Gasteiger charge is 2.47. The predicted octanol–water partition coefficient (Wildman–Crippen LogP) is 2.45. The fraction of sp³-hybridized carbons (Fsp3) is 0.571. The number of rotatable bonds is 6. The number of fused-ring (bicyclic) bond motifs is 1. The number of nitrogens with one attached hydrogen (secondary N) is 2. The van der Waals surface area contributed by atoms with E-state index in [-0.39, 0.29) is 13.0 Å². The van der Waals surface area contributed by atoms with Crippen molar-refractivity contribution in [2.24, 2.45) is 5.41 Å². The third-order valence-electron chi connectivity index (χ3n) is 6.93. The van der Waals surface area contributed by atoms with E-state index in [2.05, 4.69) is 15.6 Å². The first kappa shape index (κ1) is 29.6. The topological polar surface area (TPSA) is 139 Å². The van der Waals surface area contributed by atoms with Gasteiger partial charge in [-0.05, 0) is 50.1 Å². The number of ether oxygens (including phenoxy) is 2. The number of alkyl carbamates (subject to hydrolysis) is 1. The molecule has 2 fully saturated rings. The summed E-state index contributed by atoms with van der Waals surface area (Å²) in [7, 11) is -1.11. The Bertz CT molecular complexity index is 1240. The van der Waals surface area contributed by atoms with Crippen molar-refractivity contribution in [1.82, 2.24) is 20.5 Å². The van der Waals surface area contributed by atoms with Crippen LogP contribution in [0.3, 0.4) is 0 Å². The summed E-state index contributed by atoms with van der Waals surface area (Å²) in [5.41, 5.74) is -1.44. The number of aromatic nitrogens is 1. The van der Waals surface area contributed by atoms with E-state index < -0.39 is 60.2 Å². The zero-order valence-electron chi connectivity index (χ0n) is 24.0. The van der Waals surface area contributed by atoms with Gasteiger partial charge >= 0.3 is 13.2 Å². The van der Waals surface area contributed by atoms with Gasteiger partial charge in [-0.25, -0.2) is 9.78 Å². The molecule has 0 bridgehead atoms. The second-order valence-corrected chi connectivity index (χ2v) is 12.4. The van der Waals surface area contributed by atoms with Crippen LogP contribution in [0.2, 0.25) is 0 Å². The number of hydrogen-bond donors (Lipinski definition) is 3. The first-order chi connectivity index (χ1) is 18.7. The number of carbonyl (C=O) groups is 3. The van der Waals surface area contributed by atoms with Crippen LogP contribution >= 0.6 is 0 Å². The molecule has 0 aliphatic carbocycles. The third-order valence-corrected chi connectivity index (χ3v) is 6.93. The van der Waals surface area contributed by atoms with Crippen LogP contribution in [0, 0.1) is 5.41 Å². The van der Waals surface area contributed by atoms with Gasteiger partial charge in [-0.3, -0.25) is 9.59 Å². The smallest absolute Gasteiger partial charge is 0.472 e. The minimum Gasteiger partial charge on any atom is -0.472 e. The summed E-state index contributed by atoms with van der Waals surface area (Å²) in [6.07, 6.45) is 1.06. The Kier molecular flexibility index (Phi) is 8.60. The largest absolute Gasteiger partial charge is 0.478 e. The monoisotopic (exact) mass is 554 g/mol. The average molecular weight is 554 g/mol. The van der Waals surface area contributed by atoms with Gasteiger partial charge in [0.2, 0.25) is 17.7 Å². The number of amides is 3. The molecule has 0 unspecified atom stereocenters. The molecule has 3 heterocycles. The van der Waals surface area contributed by atoms with Crippen LogP contribution in [0.5, 0.6) is 5.88 Å². The van der Waals surface area contributed by atoms with E-state index >= 15 is 0 Å². The van der Waals surface area contributed by atoms with Gasteiger partial charge in [-0.1, -0.05) is 39.0 Å². The minimum absolute atomic E-state index is 0.105. The number of nitrogens with zero attached hydrogens (tertiary/aromatic N) is 2. The average Bonchev–Trinajstić information content (AvgIpc) is 3.46. The lowest BCUT2D eigenvalue weighted by Gasteiger charge is -2.35. The van der Waals surface area contributed by atoms with Crippen molar-refractivity contribution in [3.05, 3.63) is 36.5 Å². The van der Waals surface area contributed by atoms with Crippen molar-refractivity contribution < 1.29 is 33.5 Å². The van der Waals surface area contributed by atoms with E-state index in [1.807, 2.05) is 51.1 Å². The first-order valence-corrected chi connectivity index (χ1v) is 13.6. The number of hydrogen-bond acceptors (Lipinski definition) is 8. The highest BCUT2D eigenvalue weighted by molar-refractivity contribution is 6.46. The molecule has 2 aliphatic rings. The Balaban J connectivity index is 1.59. The van der Waals surface area contributed by atoms with Gasteiger partial charge in [0.25, 0.3) is 0 Å². The molecule has 4 atom stereocenters. The fourth-order valence-corrected chi connectivity index (χ4v) is 4.96. The zero-order valence-corrected chi connectivity index (χ0v) is 24.0. The molecule has 216 valence electrons. The predicted molar refractivity (Wildman–Crippen MR) is 149 cm³/mol. The van der Waals surface area contributed by atoms with Crippen LogP contribution in [0.25, 0.3) is 10.8 Å². The number of likely N-dealkylation sites (tertiary alicyclic amines) is 1. The van der Waals surface area contributed by atoms with Crippen molar-refractivity contribution in [3.8, 4) is 5.88 Å². The van der Waals surface area contributed by atoms with Crippen LogP contribution in [-0.4, -0.2) is 82.8 Å². The molecule has 40 heavy (non-hydrogen) atoms. The van der Waals surface area contributed by atoms with Crippen LogP contribution in [0.15, 0.2) is 36.5 Å². The Hall–Kier alpha value is -3.38. The van der Waals surface area contributed by atoms with E-state index in [4.69, 9.17) is 14.1 Å². The van der Waals surface area contributed by atoms with Crippen molar-refractivity contribution in [1.29, 1.82) is 0 Å². The van der Waals surface area contributed by atoms with Gasteiger partial charge in [0, 0.05) is 24.6 Å². The van der Waals surface area contributed by atoms with E-state index in [0.29, 0.717) is 18.9 Å². The van der Waals surface area contributed by atoms with Gasteiger partial charge in [0.15, 0.2) is 0 Å². The van der Waals surface area contributed by atoms with Crippen LogP contribution in [0.4, 0.5) is 4.79 Å². The molecular formula is C28H39BN4O7. The molecule has 0 saturated carbocycles. The van der Waals surface area contributed by atoms with Gasteiger partial charge < -0.3 is 34.7 Å². The highest BCUT2D eigenvalue weighted by Crippen LogP contribution is 2.30. The summed E-state index contributed by atoms with van der Waals surface area (Å²) in [5, 5.41) is 17.4. The second-order valence-electron chi connectivity index (χ2n) is 12.4. The molecule has 0 spiro atoms.